The smallest absolute Gasteiger partial charge is 0.255 e. The van der Waals surface area contributed by atoms with Gasteiger partial charge in [-0.05, 0) is 37.6 Å². The molecular weight excluding hydrogens is 350 g/mol. The molecule has 2 unspecified atom stereocenters. The molecule has 8 heteroatoms. The van der Waals surface area contributed by atoms with E-state index in [-0.39, 0.29) is 30.3 Å². The maximum Gasteiger partial charge on any atom is 0.255 e. The molecule has 1 aliphatic heterocycles. The molecule has 136 valence electrons. The number of aryl methyl sites for hydroxylation is 1. The second kappa shape index (κ2) is 7.93. The van der Waals surface area contributed by atoms with Gasteiger partial charge in [-0.3, -0.25) is 9.48 Å². The number of aromatic nitrogens is 2. The molecular formula is C17H21ClF2N4O. The Kier molecular flexibility index (Phi) is 6.13. The van der Waals surface area contributed by atoms with Crippen LogP contribution in [0.4, 0.5) is 8.78 Å². The SMILES string of the molecule is Cc1c(C(=O)NC2CNCCC2c2ccc(F)c(F)c2)cnn1C.Cl. The lowest BCUT2D eigenvalue weighted by molar-refractivity contribution is 0.0923. The molecule has 1 saturated heterocycles. The summed E-state index contributed by atoms with van der Waals surface area (Å²) in [5, 5.41) is 10.3. The second-order valence-electron chi connectivity index (χ2n) is 6.12. The zero-order valence-electron chi connectivity index (χ0n) is 14.1. The molecule has 2 aromatic rings. The van der Waals surface area contributed by atoms with E-state index in [4.69, 9.17) is 0 Å². The molecule has 2 N–H and O–H groups in total. The van der Waals surface area contributed by atoms with E-state index in [1.54, 1.807) is 17.8 Å². The number of hydrogen-bond donors (Lipinski definition) is 2. The third-order valence-corrected chi connectivity index (χ3v) is 4.65. The molecule has 0 saturated carbocycles. The minimum absolute atomic E-state index is 0. The van der Waals surface area contributed by atoms with Crippen molar-refractivity contribution in [3.63, 3.8) is 0 Å². The Morgan fingerprint density at radius 1 is 1.36 bits per heavy atom. The quantitative estimate of drug-likeness (QED) is 0.871. The van der Waals surface area contributed by atoms with Crippen LogP contribution in [-0.4, -0.2) is 34.8 Å². The maximum atomic E-state index is 13.6. The number of halogens is 3. The van der Waals surface area contributed by atoms with E-state index in [1.807, 2.05) is 6.92 Å². The summed E-state index contributed by atoms with van der Waals surface area (Å²) in [6, 6.07) is 3.75. The van der Waals surface area contributed by atoms with Crippen molar-refractivity contribution in [2.75, 3.05) is 13.1 Å². The molecule has 1 aromatic carbocycles. The Balaban J connectivity index is 0.00000225. The first-order valence-corrected chi connectivity index (χ1v) is 7.92. The zero-order valence-corrected chi connectivity index (χ0v) is 14.9. The van der Waals surface area contributed by atoms with Gasteiger partial charge in [0.1, 0.15) is 0 Å². The summed E-state index contributed by atoms with van der Waals surface area (Å²) in [4.78, 5) is 12.5. The van der Waals surface area contributed by atoms with Gasteiger partial charge >= 0.3 is 0 Å². The Morgan fingerprint density at radius 2 is 2.12 bits per heavy atom. The normalized spacial score (nSPS) is 20.0. The largest absolute Gasteiger partial charge is 0.347 e. The third kappa shape index (κ3) is 3.99. The summed E-state index contributed by atoms with van der Waals surface area (Å²) in [6.45, 7) is 3.17. The van der Waals surface area contributed by atoms with E-state index < -0.39 is 11.6 Å². The lowest BCUT2D eigenvalue weighted by Gasteiger charge is -2.33. The summed E-state index contributed by atoms with van der Waals surface area (Å²) < 4.78 is 28.4. The molecule has 0 bridgehead atoms. The highest BCUT2D eigenvalue weighted by atomic mass is 35.5. The number of hydrogen-bond acceptors (Lipinski definition) is 3. The van der Waals surface area contributed by atoms with Crippen molar-refractivity contribution in [3.05, 3.63) is 52.9 Å². The number of nitrogens with one attached hydrogen (secondary N) is 2. The van der Waals surface area contributed by atoms with Crippen molar-refractivity contribution in [2.45, 2.75) is 25.3 Å². The van der Waals surface area contributed by atoms with Crippen molar-refractivity contribution >= 4 is 18.3 Å². The molecule has 2 atom stereocenters. The minimum atomic E-state index is -0.862. The summed E-state index contributed by atoms with van der Waals surface area (Å²) >= 11 is 0. The van der Waals surface area contributed by atoms with Gasteiger partial charge in [-0.15, -0.1) is 12.4 Å². The lowest BCUT2D eigenvalue weighted by atomic mass is 9.86. The van der Waals surface area contributed by atoms with Gasteiger partial charge in [-0.25, -0.2) is 8.78 Å². The Morgan fingerprint density at radius 3 is 2.76 bits per heavy atom. The van der Waals surface area contributed by atoms with Crippen LogP contribution in [0.2, 0.25) is 0 Å². The van der Waals surface area contributed by atoms with Gasteiger partial charge in [0, 0.05) is 31.2 Å². The first kappa shape index (κ1) is 19.3. The molecule has 25 heavy (non-hydrogen) atoms. The molecule has 5 nitrogen and oxygen atoms in total. The van der Waals surface area contributed by atoms with Gasteiger partial charge in [-0.1, -0.05) is 6.07 Å². The molecule has 2 heterocycles. The molecule has 0 radical (unpaired) electrons. The van der Waals surface area contributed by atoms with Gasteiger partial charge < -0.3 is 10.6 Å². The third-order valence-electron chi connectivity index (χ3n) is 4.65. The number of piperidine rings is 1. The monoisotopic (exact) mass is 370 g/mol. The summed E-state index contributed by atoms with van der Waals surface area (Å²) in [5.41, 5.74) is 2.00. The average Bonchev–Trinajstić information content (AvgIpc) is 2.90. The summed E-state index contributed by atoms with van der Waals surface area (Å²) in [7, 11) is 1.78. The fourth-order valence-corrected chi connectivity index (χ4v) is 3.12. The van der Waals surface area contributed by atoms with E-state index in [0.717, 1.165) is 24.7 Å². The number of carbonyl (C=O) groups excluding carboxylic acids is 1. The molecule has 1 amide bonds. The van der Waals surface area contributed by atoms with Gasteiger partial charge in [0.05, 0.1) is 11.8 Å². The lowest BCUT2D eigenvalue weighted by Crippen LogP contribution is -2.50. The fraction of sp³-hybridized carbons (Fsp3) is 0.412. The highest BCUT2D eigenvalue weighted by molar-refractivity contribution is 5.95. The van der Waals surface area contributed by atoms with E-state index >= 15 is 0 Å². The van der Waals surface area contributed by atoms with Gasteiger partial charge in [0.2, 0.25) is 0 Å². The van der Waals surface area contributed by atoms with Crippen LogP contribution < -0.4 is 10.6 Å². The fourth-order valence-electron chi connectivity index (χ4n) is 3.12. The van der Waals surface area contributed by atoms with Crippen LogP contribution in [0.3, 0.4) is 0 Å². The highest BCUT2D eigenvalue weighted by Gasteiger charge is 2.29. The zero-order chi connectivity index (χ0) is 17.3. The molecule has 1 fully saturated rings. The van der Waals surface area contributed by atoms with Crippen LogP contribution in [0.1, 0.15) is 34.0 Å². The van der Waals surface area contributed by atoms with Crippen LogP contribution in [-0.2, 0) is 7.05 Å². The second-order valence-corrected chi connectivity index (χ2v) is 6.12. The van der Waals surface area contributed by atoms with Gasteiger partial charge in [0.25, 0.3) is 5.91 Å². The molecule has 3 rings (SSSR count). The molecule has 0 aliphatic carbocycles. The summed E-state index contributed by atoms with van der Waals surface area (Å²) in [6.07, 6.45) is 2.27. The molecule has 0 spiro atoms. The van der Waals surface area contributed by atoms with Crippen LogP contribution in [0.5, 0.6) is 0 Å². The Hall–Kier alpha value is -1.99. The van der Waals surface area contributed by atoms with E-state index in [9.17, 15) is 13.6 Å². The van der Waals surface area contributed by atoms with Crippen molar-refractivity contribution in [1.29, 1.82) is 0 Å². The first-order chi connectivity index (χ1) is 11.5. The van der Waals surface area contributed by atoms with Crippen molar-refractivity contribution in [3.8, 4) is 0 Å². The average molecular weight is 371 g/mol. The maximum absolute atomic E-state index is 13.6. The van der Waals surface area contributed by atoms with Crippen LogP contribution in [0, 0.1) is 18.6 Å². The Labute approximate surface area is 151 Å². The molecule has 1 aliphatic rings. The van der Waals surface area contributed by atoms with Gasteiger partial charge in [0.15, 0.2) is 11.6 Å². The van der Waals surface area contributed by atoms with Gasteiger partial charge in [-0.2, -0.15) is 5.10 Å². The predicted octanol–water partition coefficient (Wildman–Crippen LogP) is 2.30. The number of nitrogens with zero attached hydrogens (tertiary/aromatic N) is 2. The van der Waals surface area contributed by atoms with Crippen LogP contribution in [0.15, 0.2) is 24.4 Å². The van der Waals surface area contributed by atoms with E-state index in [1.165, 1.54) is 12.3 Å². The van der Waals surface area contributed by atoms with E-state index in [2.05, 4.69) is 15.7 Å². The summed E-state index contributed by atoms with van der Waals surface area (Å²) in [5.74, 6) is -2.00. The number of rotatable bonds is 3. The number of carbonyl (C=O) groups is 1. The van der Waals surface area contributed by atoms with E-state index in [0.29, 0.717) is 17.7 Å². The van der Waals surface area contributed by atoms with Crippen molar-refractivity contribution in [1.82, 2.24) is 20.4 Å². The predicted molar refractivity (Wildman–Crippen MR) is 93.0 cm³/mol. The standard InChI is InChI=1S/C17H20F2N4O.ClH/c1-10-13(8-21-23(10)2)17(24)22-16-9-20-6-5-12(16)11-3-4-14(18)15(19)7-11;/h3-4,7-8,12,16,20H,5-6,9H2,1-2H3,(H,22,24);1H. The van der Waals surface area contributed by atoms with Crippen molar-refractivity contribution < 1.29 is 13.6 Å². The van der Waals surface area contributed by atoms with Crippen LogP contribution in [0.25, 0.3) is 0 Å². The van der Waals surface area contributed by atoms with Crippen LogP contribution >= 0.6 is 12.4 Å². The van der Waals surface area contributed by atoms with Crippen molar-refractivity contribution in [2.24, 2.45) is 7.05 Å². The number of amides is 1. The molecule has 1 aromatic heterocycles. The topological polar surface area (TPSA) is 59.0 Å². The Bertz CT molecular complexity index is 765. The minimum Gasteiger partial charge on any atom is -0.347 e. The highest BCUT2D eigenvalue weighted by Crippen LogP contribution is 2.27. The first-order valence-electron chi connectivity index (χ1n) is 7.92. The number of benzene rings is 1.